The highest BCUT2D eigenvalue weighted by molar-refractivity contribution is 5.71. The predicted octanol–water partition coefficient (Wildman–Crippen LogP) is 2.20. The number of hydrogen-bond donors (Lipinski definition) is 1. The number of imidazole rings is 1. The number of halogens is 2. The van der Waals surface area contributed by atoms with Crippen LogP contribution in [0.5, 0.6) is 0 Å². The molecule has 0 atom stereocenters. The Labute approximate surface area is 145 Å². The zero-order valence-electron chi connectivity index (χ0n) is 13.3. The van der Waals surface area contributed by atoms with Crippen LogP contribution >= 0.6 is 0 Å². The standard InChI is InChI=1S/C18H12F2N4O2/c19-12-6-7-14(13(20)8-12)24-16-15(21-10-22-16)17(25)23(18(24)26)9-11-4-2-1-3-5-11/h1-8,10H,9H2,(H,21,22). The van der Waals surface area contributed by atoms with Crippen LogP contribution in [0.1, 0.15) is 5.56 Å². The quantitative estimate of drug-likeness (QED) is 0.613. The summed E-state index contributed by atoms with van der Waals surface area (Å²) >= 11 is 0. The molecule has 0 unspecified atom stereocenters. The van der Waals surface area contributed by atoms with Crippen molar-refractivity contribution in [3.63, 3.8) is 0 Å². The molecule has 1 N–H and O–H groups in total. The van der Waals surface area contributed by atoms with Crippen molar-refractivity contribution in [2.24, 2.45) is 0 Å². The second-order valence-electron chi connectivity index (χ2n) is 5.69. The number of H-pyrrole nitrogens is 1. The zero-order chi connectivity index (χ0) is 18.3. The molecule has 2 heterocycles. The Bertz CT molecular complexity index is 1230. The van der Waals surface area contributed by atoms with Crippen molar-refractivity contribution in [1.29, 1.82) is 0 Å². The van der Waals surface area contributed by atoms with Crippen LogP contribution < -0.4 is 11.2 Å². The second kappa shape index (κ2) is 6.07. The molecule has 0 radical (unpaired) electrons. The number of aromatic amines is 1. The molecule has 0 aliphatic heterocycles. The van der Waals surface area contributed by atoms with Crippen LogP contribution in [0.2, 0.25) is 0 Å². The third-order valence-electron chi connectivity index (χ3n) is 4.05. The van der Waals surface area contributed by atoms with E-state index < -0.39 is 22.9 Å². The first kappa shape index (κ1) is 15.9. The van der Waals surface area contributed by atoms with E-state index in [0.29, 0.717) is 6.07 Å². The van der Waals surface area contributed by atoms with Crippen LogP contribution in [0.4, 0.5) is 8.78 Å². The molecule has 6 nitrogen and oxygen atoms in total. The highest BCUT2D eigenvalue weighted by Gasteiger charge is 2.19. The van der Waals surface area contributed by atoms with Crippen molar-refractivity contribution in [2.75, 3.05) is 0 Å². The van der Waals surface area contributed by atoms with Crippen molar-refractivity contribution in [3.8, 4) is 5.69 Å². The van der Waals surface area contributed by atoms with Gasteiger partial charge in [0.1, 0.15) is 17.2 Å². The summed E-state index contributed by atoms with van der Waals surface area (Å²) in [7, 11) is 0. The molecule has 0 spiro atoms. The lowest BCUT2D eigenvalue weighted by atomic mass is 10.2. The molecule has 4 rings (SSSR count). The van der Waals surface area contributed by atoms with Gasteiger partial charge in [0.25, 0.3) is 5.56 Å². The molecular formula is C18H12F2N4O2. The number of aromatic nitrogens is 4. The molecule has 0 saturated heterocycles. The number of fused-ring (bicyclic) bond motifs is 1. The summed E-state index contributed by atoms with van der Waals surface area (Å²) in [6, 6.07) is 11.8. The van der Waals surface area contributed by atoms with Crippen molar-refractivity contribution >= 4 is 11.2 Å². The van der Waals surface area contributed by atoms with E-state index in [2.05, 4.69) is 9.97 Å². The summed E-state index contributed by atoms with van der Waals surface area (Å²) in [4.78, 5) is 32.3. The van der Waals surface area contributed by atoms with Gasteiger partial charge in [-0.15, -0.1) is 0 Å². The largest absolute Gasteiger partial charge is 0.339 e. The van der Waals surface area contributed by atoms with Gasteiger partial charge in [-0.1, -0.05) is 30.3 Å². The third kappa shape index (κ3) is 2.52. The molecule has 0 aliphatic rings. The summed E-state index contributed by atoms with van der Waals surface area (Å²) in [6.45, 7) is 0.0102. The van der Waals surface area contributed by atoms with E-state index in [0.717, 1.165) is 26.8 Å². The van der Waals surface area contributed by atoms with Gasteiger partial charge in [0.2, 0.25) is 0 Å². The van der Waals surface area contributed by atoms with Crippen molar-refractivity contribution in [2.45, 2.75) is 6.54 Å². The first-order valence-electron chi connectivity index (χ1n) is 7.74. The van der Waals surface area contributed by atoms with E-state index in [1.165, 1.54) is 6.33 Å². The Morgan fingerprint density at radius 2 is 1.81 bits per heavy atom. The molecule has 0 fully saturated rings. The number of rotatable bonds is 3. The lowest BCUT2D eigenvalue weighted by Crippen LogP contribution is -2.40. The summed E-state index contributed by atoms with van der Waals surface area (Å²) in [5.41, 5.74) is -0.736. The van der Waals surface area contributed by atoms with E-state index in [4.69, 9.17) is 0 Å². The van der Waals surface area contributed by atoms with E-state index in [9.17, 15) is 18.4 Å². The fraction of sp³-hybridized carbons (Fsp3) is 0.0556. The molecule has 0 saturated carbocycles. The van der Waals surface area contributed by atoms with E-state index in [1.807, 2.05) is 6.07 Å². The second-order valence-corrected chi connectivity index (χ2v) is 5.69. The highest BCUT2D eigenvalue weighted by Crippen LogP contribution is 2.16. The zero-order valence-corrected chi connectivity index (χ0v) is 13.3. The molecule has 2 aromatic carbocycles. The van der Waals surface area contributed by atoms with Crippen molar-refractivity contribution in [1.82, 2.24) is 19.1 Å². The van der Waals surface area contributed by atoms with Crippen LogP contribution in [-0.4, -0.2) is 19.1 Å². The fourth-order valence-electron chi connectivity index (χ4n) is 2.83. The van der Waals surface area contributed by atoms with Gasteiger partial charge in [-0.25, -0.2) is 23.1 Å². The minimum absolute atomic E-state index is 0.0102. The first-order valence-corrected chi connectivity index (χ1v) is 7.74. The van der Waals surface area contributed by atoms with E-state index >= 15 is 0 Å². The maximum absolute atomic E-state index is 14.3. The SMILES string of the molecule is O=c1c2[nH]cnc2n(-c2ccc(F)cc2F)c(=O)n1Cc1ccccc1. The first-order chi connectivity index (χ1) is 12.6. The molecule has 0 bridgehead atoms. The normalized spacial score (nSPS) is 11.2. The van der Waals surface area contributed by atoms with Gasteiger partial charge in [-0.3, -0.25) is 9.36 Å². The van der Waals surface area contributed by atoms with Crippen LogP contribution in [-0.2, 0) is 6.54 Å². The average molecular weight is 354 g/mol. The van der Waals surface area contributed by atoms with Gasteiger partial charge in [0, 0.05) is 6.07 Å². The van der Waals surface area contributed by atoms with Crippen molar-refractivity contribution < 1.29 is 8.78 Å². The number of hydrogen-bond acceptors (Lipinski definition) is 3. The minimum Gasteiger partial charge on any atom is -0.339 e. The van der Waals surface area contributed by atoms with Gasteiger partial charge in [0.15, 0.2) is 5.65 Å². The Kier molecular flexibility index (Phi) is 3.72. The molecule has 4 aromatic rings. The average Bonchev–Trinajstić information content (AvgIpc) is 3.11. The smallest absolute Gasteiger partial charge is 0.337 e. The minimum atomic E-state index is -0.929. The summed E-state index contributed by atoms with van der Waals surface area (Å²) < 4.78 is 29.5. The number of nitrogens with one attached hydrogen (secondary N) is 1. The number of nitrogens with zero attached hydrogens (tertiary/aromatic N) is 3. The fourth-order valence-corrected chi connectivity index (χ4v) is 2.83. The maximum Gasteiger partial charge on any atom is 0.337 e. The van der Waals surface area contributed by atoms with E-state index in [1.54, 1.807) is 24.3 Å². The van der Waals surface area contributed by atoms with Crippen LogP contribution in [0, 0.1) is 11.6 Å². The van der Waals surface area contributed by atoms with Crippen LogP contribution in [0.15, 0.2) is 64.4 Å². The Hall–Kier alpha value is -3.55. The molecule has 0 amide bonds. The molecular weight excluding hydrogens is 342 g/mol. The summed E-state index contributed by atoms with van der Waals surface area (Å²) in [5.74, 6) is -1.70. The molecule has 2 aromatic heterocycles. The highest BCUT2D eigenvalue weighted by atomic mass is 19.1. The van der Waals surface area contributed by atoms with Crippen LogP contribution in [0.25, 0.3) is 16.9 Å². The third-order valence-corrected chi connectivity index (χ3v) is 4.05. The molecule has 130 valence electrons. The van der Waals surface area contributed by atoms with Gasteiger partial charge in [0.05, 0.1) is 18.6 Å². The number of benzene rings is 2. The molecule has 26 heavy (non-hydrogen) atoms. The lowest BCUT2D eigenvalue weighted by molar-refractivity contribution is 0.573. The van der Waals surface area contributed by atoms with Crippen LogP contribution in [0.3, 0.4) is 0 Å². The van der Waals surface area contributed by atoms with Crippen molar-refractivity contribution in [3.05, 3.63) is 92.9 Å². The summed E-state index contributed by atoms with van der Waals surface area (Å²) in [6.07, 6.45) is 1.25. The Balaban J connectivity index is 2.03. The Morgan fingerprint density at radius 1 is 1.04 bits per heavy atom. The lowest BCUT2D eigenvalue weighted by Gasteiger charge is -2.12. The topological polar surface area (TPSA) is 72.7 Å². The predicted molar refractivity (Wildman–Crippen MR) is 91.4 cm³/mol. The molecule has 8 heteroatoms. The van der Waals surface area contributed by atoms with Gasteiger partial charge >= 0.3 is 5.69 Å². The maximum atomic E-state index is 14.3. The van der Waals surface area contributed by atoms with E-state index in [-0.39, 0.29) is 23.4 Å². The van der Waals surface area contributed by atoms with Gasteiger partial charge in [-0.05, 0) is 17.7 Å². The van der Waals surface area contributed by atoms with Gasteiger partial charge in [-0.2, -0.15) is 0 Å². The Morgan fingerprint density at radius 3 is 2.54 bits per heavy atom. The van der Waals surface area contributed by atoms with Gasteiger partial charge < -0.3 is 4.98 Å². The molecule has 0 aliphatic carbocycles. The summed E-state index contributed by atoms with van der Waals surface area (Å²) in [5, 5.41) is 0. The monoisotopic (exact) mass is 354 g/mol.